The molecule has 0 fully saturated rings. The molecule has 6 nitrogen and oxygen atoms in total. The molecule has 4 aromatic heterocycles. The summed E-state index contributed by atoms with van der Waals surface area (Å²) < 4.78 is 8.05. The van der Waals surface area contributed by atoms with Crippen LogP contribution in [0.5, 0.6) is 0 Å². The van der Waals surface area contributed by atoms with Crippen molar-refractivity contribution in [3.8, 4) is 33.6 Å². The SMILES string of the molecule is CN(C)c1ccc(-c2ccnc3cc(-c4ccc(-c5cnn(C)c5)cc4)oc23)cn1. The Balaban J connectivity index is 1.51. The van der Waals surface area contributed by atoms with Gasteiger partial charge in [-0.25, -0.2) is 4.98 Å². The van der Waals surface area contributed by atoms with E-state index >= 15 is 0 Å². The molecule has 0 N–H and O–H groups in total. The number of furan rings is 1. The van der Waals surface area contributed by atoms with Crippen LogP contribution in [-0.4, -0.2) is 33.8 Å². The summed E-state index contributed by atoms with van der Waals surface area (Å²) in [4.78, 5) is 11.0. The van der Waals surface area contributed by atoms with E-state index in [1.807, 2.05) is 69.0 Å². The molecule has 5 rings (SSSR count). The average Bonchev–Trinajstić information content (AvgIpc) is 3.40. The normalized spacial score (nSPS) is 11.2. The van der Waals surface area contributed by atoms with Crippen LogP contribution in [0.15, 0.2) is 77.7 Å². The van der Waals surface area contributed by atoms with E-state index in [1.54, 1.807) is 4.68 Å². The standard InChI is InChI=1S/C24H21N5O/c1-28(2)23-9-8-18(13-26-23)20-10-11-25-21-12-22(30-24(20)21)17-6-4-16(5-7-17)19-14-27-29(3)15-19/h4-15H,1-3H3. The van der Waals surface area contributed by atoms with Crippen molar-refractivity contribution in [1.82, 2.24) is 19.7 Å². The first kappa shape index (κ1) is 18.1. The molecule has 0 unspecified atom stereocenters. The summed E-state index contributed by atoms with van der Waals surface area (Å²) in [7, 11) is 5.87. The molecule has 0 aliphatic rings. The maximum atomic E-state index is 6.25. The highest BCUT2D eigenvalue weighted by Crippen LogP contribution is 2.34. The van der Waals surface area contributed by atoms with Crippen LogP contribution in [0.25, 0.3) is 44.7 Å². The second kappa shape index (κ2) is 7.15. The van der Waals surface area contributed by atoms with E-state index in [9.17, 15) is 0 Å². The van der Waals surface area contributed by atoms with Gasteiger partial charge in [0.2, 0.25) is 0 Å². The van der Waals surface area contributed by atoms with E-state index in [-0.39, 0.29) is 0 Å². The summed E-state index contributed by atoms with van der Waals surface area (Å²) in [6, 6.07) is 16.3. The number of anilines is 1. The summed E-state index contributed by atoms with van der Waals surface area (Å²) in [6.45, 7) is 0. The Kier molecular flexibility index (Phi) is 4.32. The molecule has 0 radical (unpaired) electrons. The number of benzene rings is 1. The van der Waals surface area contributed by atoms with Crippen LogP contribution in [0.1, 0.15) is 0 Å². The van der Waals surface area contributed by atoms with Crippen molar-refractivity contribution < 1.29 is 4.42 Å². The Morgan fingerprint density at radius 2 is 1.60 bits per heavy atom. The second-order valence-corrected chi connectivity index (χ2v) is 7.46. The Bertz CT molecular complexity index is 1310. The van der Waals surface area contributed by atoms with Gasteiger partial charge in [0.1, 0.15) is 17.1 Å². The van der Waals surface area contributed by atoms with Crippen LogP contribution in [-0.2, 0) is 7.05 Å². The van der Waals surface area contributed by atoms with Crippen molar-refractivity contribution in [2.75, 3.05) is 19.0 Å². The lowest BCUT2D eigenvalue weighted by atomic mass is 10.1. The minimum atomic E-state index is 0.767. The number of aryl methyl sites for hydroxylation is 1. The quantitative estimate of drug-likeness (QED) is 0.427. The number of hydrogen-bond acceptors (Lipinski definition) is 5. The first-order chi connectivity index (χ1) is 14.6. The molecule has 0 saturated heterocycles. The highest BCUT2D eigenvalue weighted by atomic mass is 16.3. The van der Waals surface area contributed by atoms with E-state index in [4.69, 9.17) is 4.42 Å². The zero-order valence-electron chi connectivity index (χ0n) is 17.1. The molecule has 0 amide bonds. The van der Waals surface area contributed by atoms with Gasteiger partial charge < -0.3 is 9.32 Å². The van der Waals surface area contributed by atoms with Gasteiger partial charge in [-0.05, 0) is 23.8 Å². The van der Waals surface area contributed by atoms with Gasteiger partial charge in [-0.2, -0.15) is 5.10 Å². The minimum absolute atomic E-state index is 0.767. The summed E-state index contributed by atoms with van der Waals surface area (Å²) in [5, 5.41) is 4.24. The summed E-state index contributed by atoms with van der Waals surface area (Å²) >= 11 is 0. The van der Waals surface area contributed by atoms with Gasteiger partial charge in [0, 0.05) is 68.1 Å². The van der Waals surface area contributed by atoms with Crippen LogP contribution in [0, 0.1) is 0 Å². The maximum Gasteiger partial charge on any atom is 0.161 e. The number of fused-ring (bicyclic) bond motifs is 1. The summed E-state index contributed by atoms with van der Waals surface area (Å²) in [6.07, 6.45) is 7.54. The molecular formula is C24H21N5O. The van der Waals surface area contributed by atoms with E-state index < -0.39 is 0 Å². The third-order valence-electron chi connectivity index (χ3n) is 5.14. The van der Waals surface area contributed by atoms with Crippen molar-refractivity contribution >= 4 is 16.9 Å². The number of aromatic nitrogens is 4. The largest absolute Gasteiger partial charge is 0.454 e. The molecule has 5 aromatic rings. The second-order valence-electron chi connectivity index (χ2n) is 7.46. The third kappa shape index (κ3) is 3.22. The lowest BCUT2D eigenvalue weighted by Crippen LogP contribution is -2.09. The van der Waals surface area contributed by atoms with Crippen LogP contribution in [0.2, 0.25) is 0 Å². The molecule has 0 aliphatic carbocycles. The highest BCUT2D eigenvalue weighted by molar-refractivity contribution is 5.92. The first-order valence-corrected chi connectivity index (χ1v) is 9.70. The van der Waals surface area contributed by atoms with Crippen LogP contribution in [0.3, 0.4) is 0 Å². The molecule has 0 aliphatic heterocycles. The number of rotatable bonds is 4. The molecule has 0 bridgehead atoms. The molecule has 1 aromatic carbocycles. The third-order valence-corrected chi connectivity index (χ3v) is 5.14. The monoisotopic (exact) mass is 395 g/mol. The Morgan fingerprint density at radius 3 is 2.27 bits per heavy atom. The van der Waals surface area contributed by atoms with Gasteiger partial charge in [0.05, 0.1) is 6.20 Å². The Morgan fingerprint density at radius 1 is 0.833 bits per heavy atom. The van der Waals surface area contributed by atoms with E-state index in [1.165, 1.54) is 0 Å². The molecule has 4 heterocycles. The molecular weight excluding hydrogens is 374 g/mol. The minimum Gasteiger partial charge on any atom is -0.454 e. The lowest BCUT2D eigenvalue weighted by Gasteiger charge is -2.11. The van der Waals surface area contributed by atoms with Crippen LogP contribution >= 0.6 is 0 Å². The fourth-order valence-electron chi connectivity index (χ4n) is 3.51. The molecule has 0 saturated carbocycles. The van der Waals surface area contributed by atoms with Gasteiger partial charge in [0.25, 0.3) is 0 Å². The molecule has 30 heavy (non-hydrogen) atoms. The van der Waals surface area contributed by atoms with E-state index in [0.717, 1.165) is 50.5 Å². The maximum absolute atomic E-state index is 6.25. The van der Waals surface area contributed by atoms with Crippen molar-refractivity contribution in [3.63, 3.8) is 0 Å². The van der Waals surface area contributed by atoms with Crippen molar-refractivity contribution in [1.29, 1.82) is 0 Å². The fraction of sp³-hybridized carbons (Fsp3) is 0.125. The topological polar surface area (TPSA) is 60.0 Å². The van der Waals surface area contributed by atoms with Gasteiger partial charge in [-0.1, -0.05) is 24.3 Å². The number of pyridine rings is 2. The summed E-state index contributed by atoms with van der Waals surface area (Å²) in [5.41, 5.74) is 6.79. The van der Waals surface area contributed by atoms with Crippen molar-refractivity contribution in [2.24, 2.45) is 7.05 Å². The predicted octanol–water partition coefficient (Wildman–Crippen LogP) is 5.02. The lowest BCUT2D eigenvalue weighted by molar-refractivity contribution is 0.632. The van der Waals surface area contributed by atoms with Gasteiger partial charge >= 0.3 is 0 Å². The zero-order chi connectivity index (χ0) is 20.7. The van der Waals surface area contributed by atoms with E-state index in [2.05, 4.69) is 45.4 Å². The molecule has 6 heteroatoms. The number of nitrogens with zero attached hydrogens (tertiary/aromatic N) is 5. The zero-order valence-corrected chi connectivity index (χ0v) is 17.1. The van der Waals surface area contributed by atoms with Gasteiger partial charge in [0.15, 0.2) is 5.58 Å². The van der Waals surface area contributed by atoms with E-state index in [0.29, 0.717) is 0 Å². The molecule has 0 spiro atoms. The van der Waals surface area contributed by atoms with Gasteiger partial charge in [-0.15, -0.1) is 0 Å². The summed E-state index contributed by atoms with van der Waals surface area (Å²) in [5.74, 6) is 1.71. The molecule has 148 valence electrons. The smallest absolute Gasteiger partial charge is 0.161 e. The Hall–Kier alpha value is -3.93. The van der Waals surface area contributed by atoms with Crippen LogP contribution < -0.4 is 4.90 Å². The fourth-order valence-corrected chi connectivity index (χ4v) is 3.51. The van der Waals surface area contributed by atoms with Gasteiger partial charge in [-0.3, -0.25) is 9.67 Å². The molecule has 0 atom stereocenters. The van der Waals surface area contributed by atoms with Crippen LogP contribution in [0.4, 0.5) is 5.82 Å². The van der Waals surface area contributed by atoms with Crippen molar-refractivity contribution in [2.45, 2.75) is 0 Å². The Labute approximate surface area is 174 Å². The average molecular weight is 395 g/mol. The van der Waals surface area contributed by atoms with Crippen molar-refractivity contribution in [3.05, 3.63) is 73.3 Å². The highest BCUT2D eigenvalue weighted by Gasteiger charge is 2.13. The number of hydrogen-bond donors (Lipinski definition) is 0. The predicted molar refractivity (Wildman–Crippen MR) is 119 cm³/mol. The first-order valence-electron chi connectivity index (χ1n) is 9.70.